The van der Waals surface area contributed by atoms with Crippen molar-refractivity contribution >= 4 is 35.0 Å². The molecule has 0 saturated heterocycles. The first-order valence-corrected chi connectivity index (χ1v) is 10.5. The van der Waals surface area contributed by atoms with E-state index in [-0.39, 0.29) is 17.8 Å². The Labute approximate surface area is 179 Å². The van der Waals surface area contributed by atoms with Gasteiger partial charge in [0, 0.05) is 17.8 Å². The predicted octanol–water partition coefficient (Wildman–Crippen LogP) is 4.96. The highest BCUT2D eigenvalue weighted by atomic mass is 35.5. The van der Waals surface area contributed by atoms with E-state index in [1.165, 1.54) is 11.8 Å². The number of aromatic nitrogens is 3. The zero-order chi connectivity index (χ0) is 21.0. The van der Waals surface area contributed by atoms with Crippen LogP contribution in [0.15, 0.2) is 47.6 Å². The highest BCUT2D eigenvalue weighted by Gasteiger charge is 2.18. The van der Waals surface area contributed by atoms with Crippen molar-refractivity contribution in [1.82, 2.24) is 14.8 Å². The second-order valence-electron chi connectivity index (χ2n) is 6.72. The molecule has 1 amide bonds. The van der Waals surface area contributed by atoms with Crippen molar-refractivity contribution < 1.29 is 9.53 Å². The molecule has 0 aliphatic carbocycles. The molecule has 0 aliphatic rings. The van der Waals surface area contributed by atoms with E-state index >= 15 is 0 Å². The quantitative estimate of drug-likeness (QED) is 0.536. The van der Waals surface area contributed by atoms with Crippen molar-refractivity contribution in [1.29, 1.82) is 0 Å². The molecule has 1 aromatic heterocycles. The van der Waals surface area contributed by atoms with Gasteiger partial charge in [0.05, 0.1) is 5.75 Å². The molecule has 6 nitrogen and oxygen atoms in total. The Bertz CT molecular complexity index is 1020. The van der Waals surface area contributed by atoms with E-state index in [0.29, 0.717) is 21.7 Å². The van der Waals surface area contributed by atoms with Gasteiger partial charge in [-0.1, -0.05) is 47.6 Å². The second-order valence-corrected chi connectivity index (χ2v) is 8.10. The molecule has 3 aromatic rings. The van der Waals surface area contributed by atoms with Crippen LogP contribution in [-0.4, -0.2) is 26.4 Å². The number of nitrogens with one attached hydrogen (secondary N) is 1. The van der Waals surface area contributed by atoms with Crippen molar-refractivity contribution in [3.63, 3.8) is 0 Å². The number of hydrogen-bond acceptors (Lipinski definition) is 5. The zero-order valence-electron chi connectivity index (χ0n) is 16.8. The van der Waals surface area contributed by atoms with Gasteiger partial charge in [0.25, 0.3) is 0 Å². The molecule has 1 unspecified atom stereocenters. The monoisotopic (exact) mass is 430 g/mol. The molecule has 152 valence electrons. The van der Waals surface area contributed by atoms with Crippen molar-refractivity contribution in [2.75, 3.05) is 11.1 Å². The molecule has 0 saturated carbocycles. The van der Waals surface area contributed by atoms with Crippen LogP contribution < -0.4 is 10.1 Å². The number of benzene rings is 2. The minimum absolute atomic E-state index is 0.130. The van der Waals surface area contributed by atoms with Crippen molar-refractivity contribution in [3.05, 3.63) is 64.4 Å². The van der Waals surface area contributed by atoms with Gasteiger partial charge in [-0.25, -0.2) is 0 Å². The molecule has 1 heterocycles. The van der Waals surface area contributed by atoms with Crippen LogP contribution in [-0.2, 0) is 11.8 Å². The molecule has 1 atom stereocenters. The van der Waals surface area contributed by atoms with Gasteiger partial charge in [0.2, 0.25) is 5.91 Å². The summed E-state index contributed by atoms with van der Waals surface area (Å²) in [5.74, 6) is 1.59. The van der Waals surface area contributed by atoms with Crippen LogP contribution in [0.2, 0.25) is 5.02 Å². The lowest BCUT2D eigenvalue weighted by Gasteiger charge is -2.15. The number of amides is 1. The standard InChI is InChI=1S/C21H23ClN4O2S/c1-13-9-10-16(22)11-17(13)23-19(27)12-29-21-25-24-20(26(21)4)15(3)28-18-8-6-5-7-14(18)2/h5-11,15H,12H2,1-4H3,(H,23,27). The van der Waals surface area contributed by atoms with Crippen LogP contribution >= 0.6 is 23.4 Å². The average molecular weight is 431 g/mol. The molecule has 1 N–H and O–H groups in total. The molecule has 0 aliphatic heterocycles. The number of anilines is 1. The van der Waals surface area contributed by atoms with Crippen molar-refractivity contribution in [2.24, 2.45) is 7.05 Å². The third-order valence-corrected chi connectivity index (χ3v) is 5.69. The van der Waals surface area contributed by atoms with Gasteiger partial charge in [0.1, 0.15) is 5.75 Å². The predicted molar refractivity (Wildman–Crippen MR) is 117 cm³/mol. The summed E-state index contributed by atoms with van der Waals surface area (Å²) >= 11 is 7.33. The van der Waals surface area contributed by atoms with Crippen LogP contribution in [0.4, 0.5) is 5.69 Å². The number of carbonyl (C=O) groups excluding carboxylic acids is 1. The van der Waals surface area contributed by atoms with E-state index in [4.69, 9.17) is 16.3 Å². The summed E-state index contributed by atoms with van der Waals surface area (Å²) in [6.45, 7) is 5.85. The van der Waals surface area contributed by atoms with Crippen molar-refractivity contribution in [2.45, 2.75) is 32.0 Å². The van der Waals surface area contributed by atoms with Gasteiger partial charge in [-0.15, -0.1) is 10.2 Å². The summed E-state index contributed by atoms with van der Waals surface area (Å²) in [4.78, 5) is 12.3. The molecule has 8 heteroatoms. The number of thioether (sulfide) groups is 1. The number of nitrogens with zero attached hydrogens (tertiary/aromatic N) is 3. The topological polar surface area (TPSA) is 69.0 Å². The van der Waals surface area contributed by atoms with Gasteiger partial charge in [-0.05, 0) is 50.1 Å². The number of rotatable bonds is 7. The van der Waals surface area contributed by atoms with E-state index in [0.717, 1.165) is 16.9 Å². The van der Waals surface area contributed by atoms with Gasteiger partial charge in [0.15, 0.2) is 17.1 Å². The summed E-state index contributed by atoms with van der Waals surface area (Å²) in [5.41, 5.74) is 2.72. The number of hydrogen-bond donors (Lipinski definition) is 1. The smallest absolute Gasteiger partial charge is 0.234 e. The van der Waals surface area contributed by atoms with Crippen LogP contribution in [0, 0.1) is 13.8 Å². The highest BCUT2D eigenvalue weighted by molar-refractivity contribution is 7.99. The second kappa shape index (κ2) is 9.33. The SMILES string of the molecule is Cc1ccc(Cl)cc1NC(=O)CSc1nnc(C(C)Oc2ccccc2C)n1C. The molecule has 2 aromatic carbocycles. The molecular formula is C21H23ClN4O2S. The summed E-state index contributed by atoms with van der Waals surface area (Å²) in [6.07, 6.45) is -0.272. The first-order chi connectivity index (χ1) is 13.8. The Morgan fingerprint density at radius 1 is 1.21 bits per heavy atom. The minimum atomic E-state index is -0.272. The van der Waals surface area contributed by atoms with Crippen molar-refractivity contribution in [3.8, 4) is 5.75 Å². The third kappa shape index (κ3) is 5.31. The van der Waals surface area contributed by atoms with Gasteiger partial charge < -0.3 is 14.6 Å². The van der Waals surface area contributed by atoms with E-state index in [1.807, 2.05) is 62.7 Å². The average Bonchev–Trinajstić information content (AvgIpc) is 3.05. The molecule has 0 radical (unpaired) electrons. The number of aryl methyl sites for hydroxylation is 2. The van der Waals surface area contributed by atoms with E-state index < -0.39 is 0 Å². The molecule has 0 bridgehead atoms. The molecule has 29 heavy (non-hydrogen) atoms. The van der Waals surface area contributed by atoms with Gasteiger partial charge in [-0.2, -0.15) is 0 Å². The van der Waals surface area contributed by atoms with Crippen LogP contribution in [0.25, 0.3) is 0 Å². The van der Waals surface area contributed by atoms with Gasteiger partial charge in [-0.3, -0.25) is 4.79 Å². The summed E-state index contributed by atoms with van der Waals surface area (Å²) in [7, 11) is 1.87. The first kappa shape index (κ1) is 21.2. The summed E-state index contributed by atoms with van der Waals surface area (Å²) < 4.78 is 7.88. The molecule has 0 fully saturated rings. The first-order valence-electron chi connectivity index (χ1n) is 9.15. The third-order valence-electron chi connectivity index (χ3n) is 4.44. The fraction of sp³-hybridized carbons (Fsp3) is 0.286. The normalized spacial score (nSPS) is 11.9. The molecule has 0 spiro atoms. The Hall–Kier alpha value is -2.51. The number of carbonyl (C=O) groups is 1. The Balaban J connectivity index is 1.61. The lowest BCUT2D eigenvalue weighted by Crippen LogP contribution is -2.15. The lowest BCUT2D eigenvalue weighted by atomic mass is 10.2. The van der Waals surface area contributed by atoms with Crippen LogP contribution in [0.3, 0.4) is 0 Å². The fourth-order valence-electron chi connectivity index (χ4n) is 2.78. The summed E-state index contributed by atoms with van der Waals surface area (Å²) in [5, 5.41) is 12.6. The van der Waals surface area contributed by atoms with E-state index in [9.17, 15) is 4.79 Å². The summed E-state index contributed by atoms with van der Waals surface area (Å²) in [6, 6.07) is 13.2. The Morgan fingerprint density at radius 3 is 2.72 bits per heavy atom. The maximum absolute atomic E-state index is 12.3. The fourth-order valence-corrected chi connectivity index (χ4v) is 3.67. The number of ether oxygens (including phenoxy) is 1. The minimum Gasteiger partial charge on any atom is -0.482 e. The number of para-hydroxylation sites is 1. The van der Waals surface area contributed by atoms with Gasteiger partial charge >= 0.3 is 0 Å². The maximum Gasteiger partial charge on any atom is 0.234 e. The van der Waals surface area contributed by atoms with Crippen LogP contribution in [0.1, 0.15) is 30.0 Å². The Morgan fingerprint density at radius 2 is 1.97 bits per heavy atom. The van der Waals surface area contributed by atoms with E-state index in [1.54, 1.807) is 12.1 Å². The Kier molecular flexibility index (Phi) is 6.82. The lowest BCUT2D eigenvalue weighted by molar-refractivity contribution is -0.113. The molecule has 3 rings (SSSR count). The maximum atomic E-state index is 12.3. The van der Waals surface area contributed by atoms with Crippen LogP contribution in [0.5, 0.6) is 5.75 Å². The largest absolute Gasteiger partial charge is 0.482 e. The number of halogens is 1. The zero-order valence-corrected chi connectivity index (χ0v) is 18.3. The molecular weight excluding hydrogens is 408 g/mol. The highest BCUT2D eigenvalue weighted by Crippen LogP contribution is 2.26. The van der Waals surface area contributed by atoms with E-state index in [2.05, 4.69) is 15.5 Å².